The smallest absolute Gasteiger partial charge is 0.264 e. The van der Waals surface area contributed by atoms with Crippen molar-refractivity contribution in [3.63, 3.8) is 0 Å². The molecule has 0 bridgehead atoms. The van der Waals surface area contributed by atoms with Crippen LogP contribution in [0.4, 0.5) is 0 Å². The van der Waals surface area contributed by atoms with Crippen LogP contribution in [0, 0.1) is 13.8 Å². The summed E-state index contributed by atoms with van der Waals surface area (Å²) in [7, 11) is 1.44. The molecule has 0 spiro atoms. The Kier molecular flexibility index (Phi) is 5.77. The van der Waals surface area contributed by atoms with Crippen LogP contribution in [-0.2, 0) is 11.3 Å². The quantitative estimate of drug-likeness (QED) is 0.742. The van der Waals surface area contributed by atoms with E-state index in [1.54, 1.807) is 18.2 Å². The number of thioether (sulfide) groups is 1. The molecule has 0 saturated carbocycles. The molecule has 140 valence electrons. The molecule has 2 aromatic carbocycles. The van der Waals surface area contributed by atoms with Crippen molar-refractivity contribution < 1.29 is 14.6 Å². The molecular formula is C20H19ClN2O3S. The number of aromatic hydroxyl groups is 1. The van der Waals surface area contributed by atoms with Gasteiger partial charge in [-0.15, -0.1) is 0 Å². The van der Waals surface area contributed by atoms with Crippen molar-refractivity contribution in [2.45, 2.75) is 20.4 Å². The number of aryl methyl sites for hydroxylation is 2. The standard InChI is InChI=1S/C20H19ClN2O3S/c1-11-4-12(2)6-14(5-11)10-22-20-23-19(25)17(27-20)9-13-7-15(21)18(24)16(8-13)26-3/h4-9,24H,10H2,1-3H3,(H,22,23,25)/b17-9-. The largest absolute Gasteiger partial charge is 0.503 e. The number of benzene rings is 2. The number of hydrogen-bond acceptors (Lipinski definition) is 5. The Morgan fingerprint density at radius 2 is 1.93 bits per heavy atom. The van der Waals surface area contributed by atoms with Crippen molar-refractivity contribution in [1.82, 2.24) is 5.32 Å². The molecule has 0 aliphatic carbocycles. The summed E-state index contributed by atoms with van der Waals surface area (Å²) in [5.74, 6) is -0.0932. The molecule has 0 unspecified atom stereocenters. The van der Waals surface area contributed by atoms with E-state index < -0.39 is 0 Å². The van der Waals surface area contributed by atoms with Gasteiger partial charge in [-0.05, 0) is 54.9 Å². The predicted molar refractivity (Wildman–Crippen MR) is 110 cm³/mol. The van der Waals surface area contributed by atoms with E-state index in [1.807, 2.05) is 13.8 Å². The van der Waals surface area contributed by atoms with Crippen LogP contribution < -0.4 is 10.1 Å². The highest BCUT2D eigenvalue weighted by molar-refractivity contribution is 8.18. The Bertz CT molecular complexity index is 950. The van der Waals surface area contributed by atoms with Gasteiger partial charge in [-0.25, -0.2) is 0 Å². The van der Waals surface area contributed by atoms with Crippen LogP contribution in [0.2, 0.25) is 5.02 Å². The minimum Gasteiger partial charge on any atom is -0.503 e. The van der Waals surface area contributed by atoms with E-state index in [-0.39, 0.29) is 22.4 Å². The van der Waals surface area contributed by atoms with Crippen LogP contribution in [0.3, 0.4) is 0 Å². The summed E-state index contributed by atoms with van der Waals surface area (Å²) in [5, 5.41) is 13.3. The number of phenolic OH excluding ortho intramolecular Hbond substituents is 1. The van der Waals surface area contributed by atoms with Gasteiger partial charge in [0.1, 0.15) is 0 Å². The average molecular weight is 403 g/mol. The Hall–Kier alpha value is -2.44. The first kappa shape index (κ1) is 19.3. The number of methoxy groups -OCH3 is 1. The van der Waals surface area contributed by atoms with Crippen molar-refractivity contribution in [3.8, 4) is 11.5 Å². The summed E-state index contributed by atoms with van der Waals surface area (Å²) >= 11 is 7.27. The van der Waals surface area contributed by atoms with Gasteiger partial charge in [0.2, 0.25) is 0 Å². The third kappa shape index (κ3) is 4.64. The number of halogens is 1. The molecule has 0 radical (unpaired) electrons. The van der Waals surface area contributed by atoms with Gasteiger partial charge in [0.05, 0.1) is 23.6 Å². The van der Waals surface area contributed by atoms with E-state index in [0.29, 0.717) is 22.2 Å². The SMILES string of the molecule is COc1cc(/C=C2\SC(=NCc3cc(C)cc(C)c3)NC2=O)cc(Cl)c1O. The predicted octanol–water partition coefficient (Wildman–Crippen LogP) is 4.43. The number of phenols is 1. The van der Waals surface area contributed by atoms with Crippen molar-refractivity contribution >= 4 is 40.5 Å². The molecule has 2 aromatic rings. The van der Waals surface area contributed by atoms with Crippen LogP contribution in [0.25, 0.3) is 6.08 Å². The highest BCUT2D eigenvalue weighted by atomic mass is 35.5. The molecular weight excluding hydrogens is 384 g/mol. The van der Waals surface area contributed by atoms with E-state index in [9.17, 15) is 9.90 Å². The molecule has 1 aliphatic rings. The van der Waals surface area contributed by atoms with Crippen LogP contribution >= 0.6 is 23.4 Å². The van der Waals surface area contributed by atoms with Gasteiger partial charge in [-0.3, -0.25) is 9.79 Å². The van der Waals surface area contributed by atoms with E-state index >= 15 is 0 Å². The summed E-state index contributed by atoms with van der Waals surface area (Å²) in [4.78, 5) is 17.2. The number of rotatable bonds is 4. The van der Waals surface area contributed by atoms with Gasteiger partial charge < -0.3 is 15.2 Å². The Labute approximate surface area is 167 Å². The third-order valence-electron chi connectivity index (χ3n) is 3.91. The number of amides is 1. The fourth-order valence-corrected chi connectivity index (χ4v) is 3.85. The molecule has 1 amide bonds. The molecule has 5 nitrogen and oxygen atoms in total. The number of ether oxygens (including phenoxy) is 1. The summed E-state index contributed by atoms with van der Waals surface area (Å²) in [5.41, 5.74) is 4.13. The fraction of sp³-hybridized carbons (Fsp3) is 0.200. The van der Waals surface area contributed by atoms with Gasteiger partial charge in [0.15, 0.2) is 16.7 Å². The molecule has 1 aliphatic heterocycles. The lowest BCUT2D eigenvalue weighted by atomic mass is 10.1. The van der Waals surface area contributed by atoms with Crippen LogP contribution in [0.15, 0.2) is 40.2 Å². The summed E-state index contributed by atoms with van der Waals surface area (Å²) in [6.07, 6.45) is 1.69. The zero-order chi connectivity index (χ0) is 19.6. The minimum absolute atomic E-state index is 0.124. The zero-order valence-electron chi connectivity index (χ0n) is 15.2. The van der Waals surface area contributed by atoms with E-state index in [4.69, 9.17) is 16.3 Å². The minimum atomic E-state index is -0.220. The first-order valence-corrected chi connectivity index (χ1v) is 9.44. The number of nitrogens with one attached hydrogen (secondary N) is 1. The first-order valence-electron chi connectivity index (χ1n) is 8.24. The molecule has 3 rings (SSSR count). The molecule has 2 N–H and O–H groups in total. The van der Waals surface area contributed by atoms with Gasteiger partial charge in [0, 0.05) is 0 Å². The number of carbonyl (C=O) groups is 1. The normalized spacial score (nSPS) is 16.8. The third-order valence-corrected chi connectivity index (χ3v) is 5.14. The molecule has 0 atom stereocenters. The molecule has 27 heavy (non-hydrogen) atoms. The number of hydrogen-bond donors (Lipinski definition) is 2. The fourth-order valence-electron chi connectivity index (χ4n) is 2.81. The first-order chi connectivity index (χ1) is 12.9. The second kappa shape index (κ2) is 8.06. The lowest BCUT2D eigenvalue weighted by molar-refractivity contribution is -0.115. The number of nitrogens with zero attached hydrogens (tertiary/aromatic N) is 1. The monoisotopic (exact) mass is 402 g/mol. The topological polar surface area (TPSA) is 70.9 Å². The second-order valence-electron chi connectivity index (χ2n) is 6.24. The average Bonchev–Trinajstić information content (AvgIpc) is 2.95. The molecule has 0 aromatic heterocycles. The molecule has 1 saturated heterocycles. The van der Waals surface area contributed by atoms with E-state index in [2.05, 4.69) is 28.5 Å². The maximum atomic E-state index is 12.2. The highest BCUT2D eigenvalue weighted by Gasteiger charge is 2.24. The lowest BCUT2D eigenvalue weighted by Crippen LogP contribution is -2.19. The van der Waals surface area contributed by atoms with Crippen LogP contribution in [0.5, 0.6) is 11.5 Å². The van der Waals surface area contributed by atoms with Crippen LogP contribution in [-0.4, -0.2) is 23.3 Å². The van der Waals surface area contributed by atoms with Crippen molar-refractivity contribution in [2.24, 2.45) is 4.99 Å². The summed E-state index contributed by atoms with van der Waals surface area (Å²) in [6, 6.07) is 9.47. The Morgan fingerprint density at radius 1 is 1.22 bits per heavy atom. The number of carbonyl (C=O) groups excluding carboxylic acids is 1. The molecule has 1 heterocycles. The lowest BCUT2D eigenvalue weighted by Gasteiger charge is -2.06. The maximum Gasteiger partial charge on any atom is 0.264 e. The van der Waals surface area contributed by atoms with Gasteiger partial charge in [-0.2, -0.15) is 0 Å². The van der Waals surface area contributed by atoms with E-state index in [1.165, 1.54) is 30.0 Å². The second-order valence-corrected chi connectivity index (χ2v) is 7.67. The Balaban J connectivity index is 1.79. The number of aliphatic imine (C=N–C) groups is 1. The van der Waals surface area contributed by atoms with Crippen molar-refractivity contribution in [1.29, 1.82) is 0 Å². The van der Waals surface area contributed by atoms with E-state index in [0.717, 1.165) is 5.56 Å². The molecule has 1 fully saturated rings. The Morgan fingerprint density at radius 3 is 2.59 bits per heavy atom. The van der Waals surface area contributed by atoms with Gasteiger partial charge >= 0.3 is 0 Å². The van der Waals surface area contributed by atoms with Gasteiger partial charge in [-0.1, -0.05) is 40.9 Å². The maximum absolute atomic E-state index is 12.2. The summed E-state index contributed by atoms with van der Waals surface area (Å²) < 4.78 is 5.09. The molecule has 7 heteroatoms. The van der Waals surface area contributed by atoms with Crippen LogP contribution in [0.1, 0.15) is 22.3 Å². The zero-order valence-corrected chi connectivity index (χ0v) is 16.7. The highest BCUT2D eigenvalue weighted by Crippen LogP contribution is 2.36. The van der Waals surface area contributed by atoms with Crippen molar-refractivity contribution in [3.05, 3.63) is 62.5 Å². The number of amidine groups is 1. The van der Waals surface area contributed by atoms with Crippen molar-refractivity contribution in [2.75, 3.05) is 7.11 Å². The summed E-state index contributed by atoms with van der Waals surface area (Å²) in [6.45, 7) is 4.60. The van der Waals surface area contributed by atoms with Gasteiger partial charge in [0.25, 0.3) is 5.91 Å².